The van der Waals surface area contributed by atoms with Crippen molar-refractivity contribution in [2.45, 2.75) is 44.4 Å². The molecule has 8 heteroatoms. The zero-order valence-corrected chi connectivity index (χ0v) is 18.4. The lowest BCUT2D eigenvalue weighted by atomic mass is 9.99. The van der Waals surface area contributed by atoms with Crippen LogP contribution in [0.25, 0.3) is 11.5 Å². The fraction of sp³-hybridized carbons (Fsp3) is 0.545. The fourth-order valence-electron chi connectivity index (χ4n) is 4.22. The van der Waals surface area contributed by atoms with E-state index in [1.54, 1.807) is 28.6 Å². The van der Waals surface area contributed by atoms with Gasteiger partial charge in [-0.1, -0.05) is 13.8 Å². The van der Waals surface area contributed by atoms with E-state index in [0.29, 0.717) is 42.3 Å². The number of nitrogens with zero attached hydrogens (tertiary/aromatic N) is 4. The largest absolute Gasteiger partial charge is 0.419 e. The standard InChI is InChI=1S/C22H28N4O3S/c1-16-9-12-25(13-10-16)22-20(14-23)24-21(29-22)18-5-7-19(8-6-18)30(27,28)26-11-3-4-17(2)15-26/h5-8,16-17H,3-4,9-13,15H2,1-2H3/t17-/m1/s1. The molecule has 1 aromatic heterocycles. The van der Waals surface area contributed by atoms with Gasteiger partial charge in [0, 0.05) is 31.7 Å². The van der Waals surface area contributed by atoms with Crippen LogP contribution in [-0.2, 0) is 10.0 Å². The first-order chi connectivity index (χ1) is 14.4. The number of hydrogen-bond donors (Lipinski definition) is 0. The summed E-state index contributed by atoms with van der Waals surface area (Å²) < 4.78 is 33.4. The molecule has 4 rings (SSSR count). The first-order valence-electron chi connectivity index (χ1n) is 10.6. The van der Waals surface area contributed by atoms with Gasteiger partial charge in [0.1, 0.15) is 6.07 Å². The van der Waals surface area contributed by atoms with Crippen molar-refractivity contribution in [3.8, 4) is 17.5 Å². The number of rotatable bonds is 4. The zero-order chi connectivity index (χ0) is 21.3. The summed E-state index contributed by atoms with van der Waals surface area (Å²) in [6.45, 7) is 7.13. The molecule has 0 amide bonds. The number of oxazole rings is 1. The molecule has 2 aliphatic rings. The van der Waals surface area contributed by atoms with E-state index in [1.807, 2.05) is 0 Å². The summed E-state index contributed by atoms with van der Waals surface area (Å²) in [5.41, 5.74) is 0.938. The van der Waals surface area contributed by atoms with Crippen molar-refractivity contribution >= 4 is 15.9 Å². The third-order valence-corrected chi connectivity index (χ3v) is 8.02. The summed E-state index contributed by atoms with van der Waals surface area (Å²) in [6.07, 6.45) is 4.07. The third kappa shape index (κ3) is 4.09. The van der Waals surface area contributed by atoms with Crippen LogP contribution in [0.15, 0.2) is 33.6 Å². The molecular formula is C22H28N4O3S. The van der Waals surface area contributed by atoms with E-state index in [-0.39, 0.29) is 10.6 Å². The maximum absolute atomic E-state index is 13.0. The lowest BCUT2D eigenvalue weighted by molar-refractivity contribution is 0.281. The lowest BCUT2D eigenvalue weighted by Crippen LogP contribution is -2.39. The van der Waals surface area contributed by atoms with E-state index in [4.69, 9.17) is 4.42 Å². The Morgan fingerprint density at radius 2 is 1.77 bits per heavy atom. The average Bonchev–Trinajstić information content (AvgIpc) is 3.19. The highest BCUT2D eigenvalue weighted by molar-refractivity contribution is 7.89. The predicted molar refractivity (Wildman–Crippen MR) is 114 cm³/mol. The van der Waals surface area contributed by atoms with Gasteiger partial charge in [0.25, 0.3) is 0 Å². The summed E-state index contributed by atoms with van der Waals surface area (Å²) in [4.78, 5) is 6.71. The Bertz CT molecular complexity index is 1030. The second kappa shape index (κ2) is 8.40. The molecule has 0 aliphatic carbocycles. The summed E-state index contributed by atoms with van der Waals surface area (Å²) in [6, 6.07) is 8.73. The SMILES string of the molecule is CC1CCN(c2oc(-c3ccc(S(=O)(=O)N4CCC[C@@H](C)C4)cc3)nc2C#N)CC1. The average molecular weight is 429 g/mol. The van der Waals surface area contributed by atoms with Crippen molar-refractivity contribution in [2.75, 3.05) is 31.1 Å². The molecule has 0 N–H and O–H groups in total. The molecule has 160 valence electrons. The fourth-order valence-corrected chi connectivity index (χ4v) is 5.82. The van der Waals surface area contributed by atoms with Gasteiger partial charge in [0.15, 0.2) is 0 Å². The van der Waals surface area contributed by atoms with E-state index < -0.39 is 10.0 Å². The van der Waals surface area contributed by atoms with Gasteiger partial charge >= 0.3 is 0 Å². The van der Waals surface area contributed by atoms with E-state index in [0.717, 1.165) is 38.8 Å². The van der Waals surface area contributed by atoms with Crippen LogP contribution in [0.2, 0.25) is 0 Å². The Balaban J connectivity index is 1.56. The van der Waals surface area contributed by atoms with Gasteiger partial charge < -0.3 is 9.32 Å². The minimum atomic E-state index is -3.50. The molecule has 7 nitrogen and oxygen atoms in total. The number of anilines is 1. The van der Waals surface area contributed by atoms with Crippen molar-refractivity contribution in [1.29, 1.82) is 5.26 Å². The van der Waals surface area contributed by atoms with E-state index >= 15 is 0 Å². The maximum atomic E-state index is 13.0. The topological polar surface area (TPSA) is 90.4 Å². The van der Waals surface area contributed by atoms with Crippen LogP contribution in [0.4, 0.5) is 5.88 Å². The molecule has 0 spiro atoms. The number of piperidine rings is 2. The molecule has 2 aliphatic heterocycles. The van der Waals surface area contributed by atoms with E-state index in [9.17, 15) is 13.7 Å². The second-order valence-electron chi connectivity index (χ2n) is 8.59. The summed E-state index contributed by atoms with van der Waals surface area (Å²) in [5.74, 6) is 1.90. The number of benzene rings is 1. The highest BCUT2D eigenvalue weighted by atomic mass is 32.2. The normalized spacial score (nSPS) is 21.5. The lowest BCUT2D eigenvalue weighted by Gasteiger charge is -2.30. The molecule has 0 bridgehead atoms. The minimum Gasteiger partial charge on any atom is -0.419 e. The smallest absolute Gasteiger partial charge is 0.243 e. The van der Waals surface area contributed by atoms with Gasteiger partial charge in [-0.25, -0.2) is 8.42 Å². The van der Waals surface area contributed by atoms with Crippen LogP contribution in [0, 0.1) is 23.2 Å². The summed E-state index contributed by atoms with van der Waals surface area (Å²) in [5, 5.41) is 9.49. The number of nitriles is 1. The zero-order valence-electron chi connectivity index (χ0n) is 17.5. The highest BCUT2D eigenvalue weighted by Crippen LogP contribution is 2.32. The molecule has 3 heterocycles. The third-order valence-electron chi connectivity index (χ3n) is 6.14. The molecule has 1 atom stereocenters. The van der Waals surface area contributed by atoms with Crippen LogP contribution < -0.4 is 4.90 Å². The molecule has 0 radical (unpaired) electrons. The number of aromatic nitrogens is 1. The Kier molecular flexibility index (Phi) is 5.85. The second-order valence-corrected chi connectivity index (χ2v) is 10.5. The van der Waals surface area contributed by atoms with Crippen molar-refractivity contribution in [1.82, 2.24) is 9.29 Å². The van der Waals surface area contributed by atoms with Crippen LogP contribution >= 0.6 is 0 Å². The quantitative estimate of drug-likeness (QED) is 0.734. The van der Waals surface area contributed by atoms with Crippen molar-refractivity contribution in [3.05, 3.63) is 30.0 Å². The molecule has 2 aromatic rings. The monoisotopic (exact) mass is 428 g/mol. The van der Waals surface area contributed by atoms with Crippen LogP contribution in [0.3, 0.4) is 0 Å². The number of sulfonamides is 1. The molecule has 1 aromatic carbocycles. The van der Waals surface area contributed by atoms with Crippen LogP contribution in [0.5, 0.6) is 0 Å². The Hall–Kier alpha value is -2.37. The Morgan fingerprint density at radius 1 is 1.07 bits per heavy atom. The maximum Gasteiger partial charge on any atom is 0.243 e. The Labute approximate surface area is 178 Å². The molecule has 2 saturated heterocycles. The van der Waals surface area contributed by atoms with Gasteiger partial charge in [-0.3, -0.25) is 0 Å². The molecule has 30 heavy (non-hydrogen) atoms. The first kappa shape index (κ1) is 20.9. The number of hydrogen-bond acceptors (Lipinski definition) is 6. The van der Waals surface area contributed by atoms with Gasteiger partial charge in [0.2, 0.25) is 27.5 Å². The highest BCUT2D eigenvalue weighted by Gasteiger charge is 2.29. The molecule has 0 saturated carbocycles. The minimum absolute atomic E-state index is 0.276. The first-order valence-corrected chi connectivity index (χ1v) is 12.1. The Morgan fingerprint density at radius 3 is 2.40 bits per heavy atom. The van der Waals surface area contributed by atoms with Gasteiger partial charge in [-0.2, -0.15) is 14.6 Å². The van der Waals surface area contributed by atoms with Gasteiger partial charge in [0.05, 0.1) is 4.90 Å². The van der Waals surface area contributed by atoms with E-state index in [1.165, 1.54) is 0 Å². The van der Waals surface area contributed by atoms with Crippen molar-refractivity contribution < 1.29 is 12.8 Å². The summed E-state index contributed by atoms with van der Waals surface area (Å²) >= 11 is 0. The molecular weight excluding hydrogens is 400 g/mol. The van der Waals surface area contributed by atoms with Crippen molar-refractivity contribution in [2.24, 2.45) is 11.8 Å². The van der Waals surface area contributed by atoms with Gasteiger partial charge in [-0.05, 0) is 61.8 Å². The predicted octanol–water partition coefficient (Wildman–Crippen LogP) is 3.87. The molecule has 0 unspecified atom stereocenters. The van der Waals surface area contributed by atoms with Gasteiger partial charge in [-0.15, -0.1) is 0 Å². The molecule has 2 fully saturated rings. The van der Waals surface area contributed by atoms with E-state index in [2.05, 4.69) is 29.8 Å². The summed E-state index contributed by atoms with van der Waals surface area (Å²) in [7, 11) is -3.50. The van der Waals surface area contributed by atoms with Crippen LogP contribution in [-0.4, -0.2) is 43.9 Å². The van der Waals surface area contributed by atoms with Crippen molar-refractivity contribution in [3.63, 3.8) is 0 Å². The van der Waals surface area contributed by atoms with Crippen LogP contribution in [0.1, 0.15) is 45.2 Å².